The molecule has 0 aliphatic carbocycles. The Balaban J connectivity index is 1.80. The molecule has 0 bridgehead atoms. The van der Waals surface area contributed by atoms with E-state index in [0.29, 0.717) is 16.8 Å². The number of benzene rings is 2. The number of amides is 1. The molecular formula is C20H20FN3O. The molecule has 1 amide bonds. The lowest BCUT2D eigenvalue weighted by Crippen LogP contribution is -2.24. The summed E-state index contributed by atoms with van der Waals surface area (Å²) >= 11 is 0. The molecule has 0 aliphatic heterocycles. The van der Waals surface area contributed by atoms with E-state index in [-0.39, 0.29) is 18.3 Å². The third kappa shape index (κ3) is 3.45. The van der Waals surface area contributed by atoms with E-state index in [1.165, 1.54) is 6.07 Å². The van der Waals surface area contributed by atoms with Crippen molar-refractivity contribution in [2.75, 3.05) is 0 Å². The average Bonchev–Trinajstić information content (AvgIpc) is 2.91. The highest BCUT2D eigenvalue weighted by molar-refractivity contribution is 5.96. The maximum absolute atomic E-state index is 13.6. The molecule has 0 aliphatic rings. The molecule has 25 heavy (non-hydrogen) atoms. The Morgan fingerprint density at radius 2 is 1.84 bits per heavy atom. The number of hydrogen-bond donors (Lipinski definition) is 1. The molecule has 5 heteroatoms. The number of para-hydroxylation sites is 1. The normalized spacial score (nSPS) is 10.7. The molecule has 1 heterocycles. The maximum Gasteiger partial charge on any atom is 0.255 e. The van der Waals surface area contributed by atoms with Crippen LogP contribution in [0.4, 0.5) is 4.39 Å². The van der Waals surface area contributed by atoms with Gasteiger partial charge in [0.2, 0.25) is 0 Å². The highest BCUT2D eigenvalue weighted by Gasteiger charge is 2.19. The lowest BCUT2D eigenvalue weighted by atomic mass is 10.1. The van der Waals surface area contributed by atoms with Crippen LogP contribution in [0.3, 0.4) is 0 Å². The Hall–Kier alpha value is -2.95. The maximum atomic E-state index is 13.6. The van der Waals surface area contributed by atoms with Crippen molar-refractivity contribution in [3.63, 3.8) is 0 Å². The highest BCUT2D eigenvalue weighted by atomic mass is 19.1. The number of carbonyl (C=O) groups excluding carboxylic acids is 1. The second-order valence-electron chi connectivity index (χ2n) is 6.06. The predicted octanol–water partition coefficient (Wildman–Crippen LogP) is 3.87. The zero-order valence-electron chi connectivity index (χ0n) is 14.5. The van der Waals surface area contributed by atoms with Crippen molar-refractivity contribution in [3.05, 3.63) is 82.4 Å². The van der Waals surface area contributed by atoms with Crippen LogP contribution in [0.5, 0.6) is 0 Å². The molecule has 3 aromatic rings. The van der Waals surface area contributed by atoms with Gasteiger partial charge in [0.05, 0.1) is 22.6 Å². The number of rotatable bonds is 4. The van der Waals surface area contributed by atoms with E-state index in [2.05, 4.69) is 10.4 Å². The summed E-state index contributed by atoms with van der Waals surface area (Å²) in [5, 5.41) is 7.33. The molecule has 0 unspecified atom stereocenters. The molecule has 2 aromatic carbocycles. The summed E-state index contributed by atoms with van der Waals surface area (Å²) < 4.78 is 15.4. The molecule has 128 valence electrons. The zero-order valence-corrected chi connectivity index (χ0v) is 14.5. The van der Waals surface area contributed by atoms with Crippen LogP contribution in [0.15, 0.2) is 48.5 Å². The third-order valence-electron chi connectivity index (χ3n) is 4.21. The number of aryl methyl sites for hydroxylation is 2. The summed E-state index contributed by atoms with van der Waals surface area (Å²) in [6.07, 6.45) is 0. The molecule has 3 rings (SSSR count). The summed E-state index contributed by atoms with van der Waals surface area (Å²) in [5.74, 6) is -0.478. The van der Waals surface area contributed by atoms with Gasteiger partial charge in [0.15, 0.2) is 0 Å². The Bertz CT molecular complexity index is 916. The van der Waals surface area contributed by atoms with Gasteiger partial charge in [-0.25, -0.2) is 9.07 Å². The number of halogens is 1. The lowest BCUT2D eigenvalue weighted by Gasteiger charge is -2.08. The SMILES string of the molecule is Cc1ccc(CNC(=O)c2c(C)nn(-c3ccccc3)c2C)cc1F. The van der Waals surface area contributed by atoms with Crippen LogP contribution >= 0.6 is 0 Å². The minimum atomic E-state index is -0.268. The van der Waals surface area contributed by atoms with Crippen molar-refractivity contribution in [3.8, 4) is 5.69 Å². The fraction of sp³-hybridized carbons (Fsp3) is 0.200. The topological polar surface area (TPSA) is 46.9 Å². The number of carbonyl (C=O) groups is 1. The Morgan fingerprint density at radius 3 is 2.52 bits per heavy atom. The number of hydrogen-bond acceptors (Lipinski definition) is 2. The fourth-order valence-corrected chi connectivity index (χ4v) is 2.81. The number of nitrogens with zero attached hydrogens (tertiary/aromatic N) is 2. The van der Waals surface area contributed by atoms with Gasteiger partial charge in [0.1, 0.15) is 5.82 Å². The van der Waals surface area contributed by atoms with Crippen LogP contribution in [0.2, 0.25) is 0 Å². The molecule has 0 spiro atoms. The molecule has 0 radical (unpaired) electrons. The van der Waals surface area contributed by atoms with Gasteiger partial charge in [-0.1, -0.05) is 30.3 Å². The van der Waals surface area contributed by atoms with Gasteiger partial charge in [-0.05, 0) is 50.1 Å². The lowest BCUT2D eigenvalue weighted by molar-refractivity contribution is 0.0949. The average molecular weight is 337 g/mol. The van der Waals surface area contributed by atoms with Crippen molar-refractivity contribution >= 4 is 5.91 Å². The quantitative estimate of drug-likeness (QED) is 0.786. The monoisotopic (exact) mass is 337 g/mol. The van der Waals surface area contributed by atoms with E-state index in [1.807, 2.05) is 50.2 Å². The molecule has 4 nitrogen and oxygen atoms in total. The fourth-order valence-electron chi connectivity index (χ4n) is 2.81. The van der Waals surface area contributed by atoms with Crippen molar-refractivity contribution in [1.29, 1.82) is 0 Å². The number of aromatic nitrogens is 2. The predicted molar refractivity (Wildman–Crippen MR) is 95.3 cm³/mol. The first-order valence-corrected chi connectivity index (χ1v) is 8.12. The summed E-state index contributed by atoms with van der Waals surface area (Å²) in [6.45, 7) is 5.66. The molecular weight excluding hydrogens is 317 g/mol. The van der Waals surface area contributed by atoms with Crippen molar-refractivity contribution in [2.45, 2.75) is 27.3 Å². The Kier molecular flexibility index (Phi) is 4.65. The molecule has 1 aromatic heterocycles. The smallest absolute Gasteiger partial charge is 0.255 e. The summed E-state index contributed by atoms with van der Waals surface area (Å²) in [6, 6.07) is 14.6. The minimum absolute atomic E-state index is 0.210. The summed E-state index contributed by atoms with van der Waals surface area (Å²) in [5.41, 5.74) is 4.21. The Labute approximate surface area is 146 Å². The van der Waals surface area contributed by atoms with E-state index in [1.54, 1.807) is 17.7 Å². The second-order valence-corrected chi connectivity index (χ2v) is 6.06. The molecule has 0 fully saturated rings. The van der Waals surface area contributed by atoms with Crippen molar-refractivity contribution in [2.24, 2.45) is 0 Å². The zero-order chi connectivity index (χ0) is 18.0. The van der Waals surface area contributed by atoms with Gasteiger partial charge in [-0.3, -0.25) is 4.79 Å². The van der Waals surface area contributed by atoms with E-state index in [0.717, 1.165) is 16.9 Å². The summed E-state index contributed by atoms with van der Waals surface area (Å²) in [7, 11) is 0. The highest BCUT2D eigenvalue weighted by Crippen LogP contribution is 2.18. The molecule has 1 N–H and O–H groups in total. The van der Waals surface area contributed by atoms with Crippen LogP contribution in [-0.2, 0) is 6.54 Å². The van der Waals surface area contributed by atoms with E-state index < -0.39 is 0 Å². The summed E-state index contributed by atoms with van der Waals surface area (Å²) in [4.78, 5) is 12.6. The van der Waals surface area contributed by atoms with Gasteiger partial charge in [0, 0.05) is 6.54 Å². The first-order chi connectivity index (χ1) is 12.0. The van der Waals surface area contributed by atoms with Crippen LogP contribution < -0.4 is 5.32 Å². The number of nitrogens with one attached hydrogen (secondary N) is 1. The van der Waals surface area contributed by atoms with Crippen LogP contribution in [0.1, 0.15) is 32.9 Å². The van der Waals surface area contributed by atoms with Gasteiger partial charge >= 0.3 is 0 Å². The van der Waals surface area contributed by atoms with Crippen molar-refractivity contribution in [1.82, 2.24) is 15.1 Å². The van der Waals surface area contributed by atoms with Crippen LogP contribution in [-0.4, -0.2) is 15.7 Å². The Morgan fingerprint density at radius 1 is 1.12 bits per heavy atom. The van der Waals surface area contributed by atoms with Crippen LogP contribution in [0.25, 0.3) is 5.69 Å². The van der Waals surface area contributed by atoms with E-state index in [4.69, 9.17) is 0 Å². The third-order valence-corrected chi connectivity index (χ3v) is 4.21. The van der Waals surface area contributed by atoms with E-state index >= 15 is 0 Å². The van der Waals surface area contributed by atoms with Gasteiger partial charge in [-0.2, -0.15) is 5.10 Å². The standard InChI is InChI=1S/C20H20FN3O/c1-13-9-10-16(11-18(13)21)12-22-20(25)19-14(2)23-24(15(19)3)17-7-5-4-6-8-17/h4-11H,12H2,1-3H3,(H,22,25). The molecule has 0 saturated heterocycles. The largest absolute Gasteiger partial charge is 0.348 e. The van der Waals surface area contributed by atoms with E-state index in [9.17, 15) is 9.18 Å². The first kappa shape index (κ1) is 16.9. The minimum Gasteiger partial charge on any atom is -0.348 e. The molecule has 0 atom stereocenters. The van der Waals surface area contributed by atoms with Crippen molar-refractivity contribution < 1.29 is 9.18 Å². The van der Waals surface area contributed by atoms with Gasteiger partial charge in [0.25, 0.3) is 5.91 Å². The molecule has 0 saturated carbocycles. The van der Waals surface area contributed by atoms with Gasteiger partial charge in [-0.15, -0.1) is 0 Å². The first-order valence-electron chi connectivity index (χ1n) is 8.12. The van der Waals surface area contributed by atoms with Crippen LogP contribution in [0, 0.1) is 26.6 Å². The second kappa shape index (κ2) is 6.89. The van der Waals surface area contributed by atoms with Gasteiger partial charge < -0.3 is 5.32 Å².